The van der Waals surface area contributed by atoms with Crippen molar-refractivity contribution in [1.82, 2.24) is 10.6 Å². The van der Waals surface area contributed by atoms with E-state index in [-0.39, 0.29) is 24.0 Å². The molecule has 30 heavy (non-hydrogen) atoms. The Labute approximate surface area is 198 Å². The van der Waals surface area contributed by atoms with E-state index >= 15 is 0 Å². The number of hydrogen-bond donors (Lipinski definition) is 2. The van der Waals surface area contributed by atoms with E-state index in [0.29, 0.717) is 12.6 Å². The number of hydrogen-bond acceptors (Lipinski definition) is 4. The molecule has 1 heterocycles. The average molecular weight is 531 g/mol. The smallest absolute Gasteiger partial charge is 0.191 e. The normalized spacial score (nSPS) is 17.3. The molecule has 170 valence electrons. The van der Waals surface area contributed by atoms with E-state index < -0.39 is 0 Å². The lowest BCUT2D eigenvalue weighted by atomic mass is 10.1. The Morgan fingerprint density at radius 3 is 2.70 bits per heavy atom. The maximum absolute atomic E-state index is 6.07. The summed E-state index contributed by atoms with van der Waals surface area (Å²) in [6.45, 7) is 9.72. The molecule has 2 aliphatic rings. The second kappa shape index (κ2) is 14.1. The van der Waals surface area contributed by atoms with E-state index in [1.165, 1.54) is 18.4 Å². The first kappa shape index (κ1) is 25.2. The van der Waals surface area contributed by atoms with Gasteiger partial charge in [-0.05, 0) is 63.5 Å². The Morgan fingerprint density at radius 1 is 1.17 bits per heavy atom. The van der Waals surface area contributed by atoms with Crippen LogP contribution in [0, 0.1) is 12.8 Å². The van der Waals surface area contributed by atoms with E-state index in [1.807, 2.05) is 0 Å². The van der Waals surface area contributed by atoms with Crippen LogP contribution in [0.15, 0.2) is 23.2 Å². The minimum Gasteiger partial charge on any atom is -0.493 e. The van der Waals surface area contributed by atoms with Crippen molar-refractivity contribution in [2.75, 3.05) is 39.5 Å². The van der Waals surface area contributed by atoms with Crippen molar-refractivity contribution >= 4 is 29.9 Å². The number of guanidine groups is 1. The molecule has 1 aliphatic carbocycles. The first-order chi connectivity index (χ1) is 14.2. The van der Waals surface area contributed by atoms with Crippen molar-refractivity contribution < 1.29 is 14.2 Å². The topological polar surface area (TPSA) is 64.1 Å². The first-order valence-corrected chi connectivity index (χ1v) is 11.2. The molecule has 0 unspecified atom stereocenters. The van der Waals surface area contributed by atoms with Crippen LogP contribution in [0.1, 0.15) is 50.2 Å². The van der Waals surface area contributed by atoms with Crippen LogP contribution in [-0.2, 0) is 16.0 Å². The van der Waals surface area contributed by atoms with Gasteiger partial charge in [0.1, 0.15) is 5.75 Å². The van der Waals surface area contributed by atoms with Gasteiger partial charge in [0.25, 0.3) is 0 Å². The average Bonchev–Trinajstić information content (AvgIpc) is 3.56. The van der Waals surface area contributed by atoms with Crippen LogP contribution in [-0.4, -0.2) is 51.6 Å². The van der Waals surface area contributed by atoms with Crippen LogP contribution in [0.25, 0.3) is 0 Å². The maximum atomic E-state index is 6.07. The van der Waals surface area contributed by atoms with E-state index in [9.17, 15) is 0 Å². The predicted molar refractivity (Wildman–Crippen MR) is 132 cm³/mol. The van der Waals surface area contributed by atoms with Gasteiger partial charge in [-0.15, -0.1) is 24.0 Å². The zero-order chi connectivity index (χ0) is 20.3. The summed E-state index contributed by atoms with van der Waals surface area (Å²) in [6, 6.07) is 6.39. The number of aryl methyl sites for hydroxylation is 1. The Balaban J connectivity index is 0.00000320. The largest absolute Gasteiger partial charge is 0.493 e. The second-order valence-corrected chi connectivity index (χ2v) is 8.02. The molecule has 2 N–H and O–H groups in total. The SMILES string of the molecule is CCNC(=NCc1ccc(C)cc1OCC1CC1)NCCCOC1CCOCC1.I. The summed E-state index contributed by atoms with van der Waals surface area (Å²) < 4.78 is 17.4. The maximum Gasteiger partial charge on any atom is 0.191 e. The van der Waals surface area contributed by atoms with Gasteiger partial charge in [0, 0.05) is 38.5 Å². The van der Waals surface area contributed by atoms with Crippen LogP contribution >= 0.6 is 24.0 Å². The zero-order valence-corrected chi connectivity index (χ0v) is 20.8. The third-order valence-electron chi connectivity index (χ3n) is 5.28. The Morgan fingerprint density at radius 2 is 1.97 bits per heavy atom. The van der Waals surface area contributed by atoms with Gasteiger partial charge in [-0.25, -0.2) is 4.99 Å². The summed E-state index contributed by atoms with van der Waals surface area (Å²) in [7, 11) is 0. The number of aliphatic imine (C=N–C) groups is 1. The molecule has 6 nitrogen and oxygen atoms in total. The monoisotopic (exact) mass is 531 g/mol. The standard InChI is InChI=1S/C23H37N3O3.HI/c1-3-24-23(25-11-4-12-28-21-9-13-27-14-10-21)26-16-20-8-5-18(2)15-22(20)29-17-19-6-7-19;/h5,8,15,19,21H,3-4,6-7,9-14,16-17H2,1-2H3,(H2,24,25,26);1H. The molecule has 3 rings (SSSR count). The summed E-state index contributed by atoms with van der Waals surface area (Å²) in [6.07, 6.45) is 5.94. The number of nitrogens with zero attached hydrogens (tertiary/aromatic N) is 1. The number of ether oxygens (including phenoxy) is 3. The van der Waals surface area contributed by atoms with Gasteiger partial charge in [-0.1, -0.05) is 12.1 Å². The molecule has 1 aliphatic heterocycles. The highest BCUT2D eigenvalue weighted by molar-refractivity contribution is 14.0. The van der Waals surface area contributed by atoms with E-state index in [2.05, 4.69) is 42.7 Å². The van der Waals surface area contributed by atoms with E-state index in [1.54, 1.807) is 0 Å². The van der Waals surface area contributed by atoms with Crippen molar-refractivity contribution in [1.29, 1.82) is 0 Å². The highest BCUT2D eigenvalue weighted by atomic mass is 127. The minimum atomic E-state index is 0. The molecule has 0 bridgehead atoms. The molecule has 0 spiro atoms. The van der Waals surface area contributed by atoms with Crippen LogP contribution in [0.4, 0.5) is 0 Å². The zero-order valence-electron chi connectivity index (χ0n) is 18.5. The van der Waals surface area contributed by atoms with E-state index in [0.717, 1.165) is 82.0 Å². The first-order valence-electron chi connectivity index (χ1n) is 11.2. The fourth-order valence-electron chi connectivity index (χ4n) is 3.30. The minimum absolute atomic E-state index is 0. The van der Waals surface area contributed by atoms with Crippen molar-refractivity contribution in [2.24, 2.45) is 10.9 Å². The molecule has 7 heteroatoms. The molecule has 1 aromatic rings. The fourth-order valence-corrected chi connectivity index (χ4v) is 3.30. The van der Waals surface area contributed by atoms with E-state index in [4.69, 9.17) is 19.2 Å². The quantitative estimate of drug-likeness (QED) is 0.195. The Hall–Kier alpha value is -1.06. The molecule has 1 saturated heterocycles. The fraction of sp³-hybridized carbons (Fsp3) is 0.696. The lowest BCUT2D eigenvalue weighted by Crippen LogP contribution is -2.38. The van der Waals surface area contributed by atoms with Crippen molar-refractivity contribution in [2.45, 2.75) is 58.6 Å². The lowest BCUT2D eigenvalue weighted by molar-refractivity contribution is -0.0320. The lowest BCUT2D eigenvalue weighted by Gasteiger charge is -2.22. The summed E-state index contributed by atoms with van der Waals surface area (Å²) >= 11 is 0. The van der Waals surface area contributed by atoms with Crippen molar-refractivity contribution in [3.05, 3.63) is 29.3 Å². The summed E-state index contributed by atoms with van der Waals surface area (Å²) in [5.74, 6) is 2.56. The van der Waals surface area contributed by atoms with Crippen LogP contribution < -0.4 is 15.4 Å². The van der Waals surface area contributed by atoms with Gasteiger partial charge in [0.05, 0.1) is 19.3 Å². The highest BCUT2D eigenvalue weighted by Crippen LogP contribution is 2.30. The number of nitrogens with one attached hydrogen (secondary N) is 2. The van der Waals surface area contributed by atoms with Gasteiger partial charge >= 0.3 is 0 Å². The highest BCUT2D eigenvalue weighted by Gasteiger charge is 2.22. The molecule has 2 fully saturated rings. The molecule has 0 amide bonds. The predicted octanol–water partition coefficient (Wildman–Crippen LogP) is 4.04. The summed E-state index contributed by atoms with van der Waals surface area (Å²) in [4.78, 5) is 4.76. The molecule has 1 aromatic carbocycles. The molecular formula is C23H38IN3O3. The van der Waals surface area contributed by atoms with Gasteiger partial charge in [0.15, 0.2) is 5.96 Å². The van der Waals surface area contributed by atoms with Crippen LogP contribution in [0.3, 0.4) is 0 Å². The Bertz CT molecular complexity index is 647. The van der Waals surface area contributed by atoms with Crippen LogP contribution in [0.2, 0.25) is 0 Å². The molecule has 0 aromatic heterocycles. The number of benzene rings is 1. The summed E-state index contributed by atoms with van der Waals surface area (Å²) in [5.41, 5.74) is 2.36. The molecule has 0 radical (unpaired) electrons. The van der Waals surface area contributed by atoms with Crippen LogP contribution in [0.5, 0.6) is 5.75 Å². The third-order valence-corrected chi connectivity index (χ3v) is 5.28. The number of halogens is 1. The molecular weight excluding hydrogens is 493 g/mol. The number of rotatable bonds is 11. The van der Waals surface area contributed by atoms with Gasteiger partial charge in [-0.3, -0.25) is 0 Å². The van der Waals surface area contributed by atoms with Gasteiger partial charge in [-0.2, -0.15) is 0 Å². The van der Waals surface area contributed by atoms with Crippen molar-refractivity contribution in [3.8, 4) is 5.75 Å². The third kappa shape index (κ3) is 9.39. The Kier molecular flexibility index (Phi) is 11.8. The second-order valence-electron chi connectivity index (χ2n) is 8.02. The van der Waals surface area contributed by atoms with Gasteiger partial charge < -0.3 is 24.8 Å². The molecule has 1 saturated carbocycles. The van der Waals surface area contributed by atoms with Crippen molar-refractivity contribution in [3.63, 3.8) is 0 Å². The summed E-state index contributed by atoms with van der Waals surface area (Å²) in [5, 5.41) is 6.74. The molecule has 0 atom stereocenters. The van der Waals surface area contributed by atoms with Gasteiger partial charge in [0.2, 0.25) is 0 Å².